The van der Waals surface area contributed by atoms with E-state index in [-0.39, 0.29) is 17.8 Å². The van der Waals surface area contributed by atoms with Crippen LogP contribution in [0.25, 0.3) is 0 Å². The molecule has 3 amide bonds. The molecule has 8 heteroatoms. The molecule has 0 bridgehead atoms. The quantitative estimate of drug-likeness (QED) is 0.713. The summed E-state index contributed by atoms with van der Waals surface area (Å²) in [5.41, 5.74) is 2.03. The van der Waals surface area contributed by atoms with E-state index >= 15 is 0 Å². The lowest BCUT2D eigenvalue weighted by molar-refractivity contribution is -0.136. The largest absolute Gasteiger partial charge is 0.328 e. The number of aliphatic imine (C=N–C) groups is 1. The molecule has 0 radical (unpaired) electrons. The number of carbonyl (C=O) groups is 2. The Balaban J connectivity index is 1.71. The van der Waals surface area contributed by atoms with E-state index in [2.05, 4.69) is 6.92 Å². The molecule has 3 aliphatic rings. The maximum absolute atomic E-state index is 14.5. The van der Waals surface area contributed by atoms with E-state index in [1.165, 1.54) is 15.9 Å². The van der Waals surface area contributed by atoms with Crippen molar-refractivity contribution in [2.24, 2.45) is 4.99 Å². The Hall–Kier alpha value is -2.90. The van der Waals surface area contributed by atoms with Crippen molar-refractivity contribution in [3.8, 4) is 0 Å². The van der Waals surface area contributed by atoms with Crippen molar-refractivity contribution in [2.75, 3.05) is 18.5 Å². The minimum atomic E-state index is -0.624. The van der Waals surface area contributed by atoms with E-state index in [1.807, 2.05) is 18.7 Å². The van der Waals surface area contributed by atoms with Gasteiger partial charge in [-0.05, 0) is 32.4 Å². The third-order valence-corrected chi connectivity index (χ3v) is 5.97. The van der Waals surface area contributed by atoms with E-state index in [1.54, 1.807) is 30.1 Å². The Labute approximate surface area is 170 Å². The van der Waals surface area contributed by atoms with Crippen LogP contribution in [-0.4, -0.2) is 58.4 Å². The van der Waals surface area contributed by atoms with Gasteiger partial charge in [0, 0.05) is 25.0 Å². The molecule has 1 aromatic rings. The lowest BCUT2D eigenvalue weighted by Crippen LogP contribution is -2.64. The maximum atomic E-state index is 14.5. The first-order chi connectivity index (χ1) is 13.9. The topological polar surface area (TPSA) is 59.5 Å². The molecule has 1 fully saturated rings. The van der Waals surface area contributed by atoms with Crippen LogP contribution in [0.2, 0.25) is 0 Å². The first-order valence-electron chi connectivity index (χ1n) is 10.1. The van der Waals surface area contributed by atoms with Crippen LogP contribution in [-0.2, 0) is 4.79 Å². The molecule has 0 saturated carbocycles. The Bertz CT molecular complexity index is 927. The number of halogens is 1. The van der Waals surface area contributed by atoms with Gasteiger partial charge < -0.3 is 4.90 Å². The SMILES string of the molecule is CCCCCN1C(=O)C2C(N=C3N(c4ccccc4F)C(C)=C(C)N32)N(C)C1=O. The number of unbranched alkanes of at least 4 members (excludes halogenated alkanes) is 2. The van der Waals surface area contributed by atoms with Crippen molar-refractivity contribution in [1.82, 2.24) is 14.7 Å². The molecule has 3 aliphatic heterocycles. The van der Waals surface area contributed by atoms with E-state index in [0.717, 1.165) is 30.7 Å². The zero-order valence-corrected chi connectivity index (χ0v) is 17.2. The van der Waals surface area contributed by atoms with Gasteiger partial charge in [0.05, 0.1) is 5.69 Å². The number of guanidine groups is 1. The summed E-state index contributed by atoms with van der Waals surface area (Å²) in [7, 11) is 1.67. The number of fused-ring (bicyclic) bond motifs is 3. The van der Waals surface area contributed by atoms with Gasteiger partial charge in [0.25, 0.3) is 5.91 Å². The van der Waals surface area contributed by atoms with Gasteiger partial charge in [0.1, 0.15) is 5.82 Å². The molecular weight excluding hydrogens is 373 g/mol. The number of hydrogen-bond donors (Lipinski definition) is 0. The summed E-state index contributed by atoms with van der Waals surface area (Å²) in [6, 6.07) is 5.55. The van der Waals surface area contributed by atoms with Crippen molar-refractivity contribution in [2.45, 2.75) is 52.2 Å². The van der Waals surface area contributed by atoms with Crippen LogP contribution in [0.1, 0.15) is 40.0 Å². The number of urea groups is 1. The zero-order valence-electron chi connectivity index (χ0n) is 17.2. The smallest absolute Gasteiger partial charge is 0.302 e. The van der Waals surface area contributed by atoms with Gasteiger partial charge in [-0.15, -0.1) is 0 Å². The molecule has 3 heterocycles. The van der Waals surface area contributed by atoms with Crippen molar-refractivity contribution in [1.29, 1.82) is 0 Å². The normalized spacial score (nSPS) is 23.8. The maximum Gasteiger partial charge on any atom is 0.328 e. The third-order valence-electron chi connectivity index (χ3n) is 5.97. The Morgan fingerprint density at radius 3 is 2.52 bits per heavy atom. The fraction of sp³-hybridized carbons (Fsp3) is 0.476. The summed E-state index contributed by atoms with van der Waals surface area (Å²) in [6.07, 6.45) is 2.13. The van der Waals surface area contributed by atoms with Crippen molar-refractivity contribution < 1.29 is 14.0 Å². The van der Waals surface area contributed by atoms with Gasteiger partial charge in [0.15, 0.2) is 12.2 Å². The number of amides is 3. The van der Waals surface area contributed by atoms with E-state index in [4.69, 9.17) is 4.99 Å². The predicted molar refractivity (Wildman–Crippen MR) is 109 cm³/mol. The summed E-state index contributed by atoms with van der Waals surface area (Å²) in [5, 5.41) is 0. The predicted octanol–water partition coefficient (Wildman–Crippen LogP) is 3.35. The lowest BCUT2D eigenvalue weighted by Gasteiger charge is -2.40. The molecule has 0 aliphatic carbocycles. The highest BCUT2D eigenvalue weighted by Crippen LogP contribution is 2.40. The monoisotopic (exact) mass is 399 g/mol. The summed E-state index contributed by atoms with van der Waals surface area (Å²) in [6.45, 7) is 6.27. The average Bonchev–Trinajstić information content (AvgIpc) is 3.20. The highest BCUT2D eigenvalue weighted by atomic mass is 19.1. The fourth-order valence-electron chi connectivity index (χ4n) is 4.26. The number of hydrogen-bond acceptors (Lipinski definition) is 5. The highest BCUT2D eigenvalue weighted by molar-refractivity contribution is 6.10. The number of para-hydroxylation sites is 1. The molecule has 154 valence electrons. The van der Waals surface area contributed by atoms with Gasteiger partial charge >= 0.3 is 6.03 Å². The van der Waals surface area contributed by atoms with Crippen LogP contribution < -0.4 is 4.90 Å². The van der Waals surface area contributed by atoms with Gasteiger partial charge in [-0.2, -0.15) is 0 Å². The number of allylic oxidation sites excluding steroid dienone is 2. The molecule has 7 nitrogen and oxygen atoms in total. The van der Waals surface area contributed by atoms with Crippen LogP contribution in [0.15, 0.2) is 40.7 Å². The van der Waals surface area contributed by atoms with E-state index < -0.39 is 12.2 Å². The first kappa shape index (κ1) is 19.4. The van der Waals surface area contributed by atoms with Gasteiger partial charge in [0.2, 0.25) is 5.96 Å². The van der Waals surface area contributed by atoms with Crippen molar-refractivity contribution in [3.63, 3.8) is 0 Å². The number of nitrogens with zero attached hydrogens (tertiary/aromatic N) is 5. The van der Waals surface area contributed by atoms with Crippen molar-refractivity contribution in [3.05, 3.63) is 41.5 Å². The molecule has 2 atom stereocenters. The number of benzene rings is 1. The number of anilines is 1. The molecular formula is C21H26FN5O2. The third kappa shape index (κ3) is 2.81. The standard InChI is InChI=1S/C21H26FN5O2/c1-5-6-9-12-25-19(28)17-18(24(4)21(25)29)23-20-26(13(2)14(3)27(17)20)16-11-8-7-10-15(16)22/h7-8,10-11,17-18H,5-6,9,12H2,1-4H3. The summed E-state index contributed by atoms with van der Waals surface area (Å²) < 4.78 is 14.5. The molecule has 4 rings (SSSR count). The van der Waals surface area contributed by atoms with E-state index in [9.17, 15) is 14.0 Å². The minimum Gasteiger partial charge on any atom is -0.302 e. The van der Waals surface area contributed by atoms with Crippen LogP contribution in [0.5, 0.6) is 0 Å². The number of likely N-dealkylation sites (N-methyl/N-ethyl adjacent to an activating group) is 1. The second-order valence-electron chi connectivity index (χ2n) is 7.71. The molecule has 0 N–H and O–H groups in total. The second-order valence-corrected chi connectivity index (χ2v) is 7.71. The summed E-state index contributed by atoms with van der Waals surface area (Å²) in [4.78, 5) is 37.3. The van der Waals surface area contributed by atoms with Crippen molar-refractivity contribution >= 4 is 23.6 Å². The van der Waals surface area contributed by atoms with Crippen LogP contribution in [0.3, 0.4) is 0 Å². The Morgan fingerprint density at radius 1 is 1.10 bits per heavy atom. The Morgan fingerprint density at radius 2 is 1.83 bits per heavy atom. The van der Waals surface area contributed by atoms with E-state index in [0.29, 0.717) is 18.2 Å². The molecule has 1 saturated heterocycles. The fourth-order valence-corrected chi connectivity index (χ4v) is 4.26. The number of carbonyl (C=O) groups excluding carboxylic acids is 2. The number of imide groups is 1. The van der Waals surface area contributed by atoms with Gasteiger partial charge in [-0.3, -0.25) is 19.5 Å². The highest BCUT2D eigenvalue weighted by Gasteiger charge is 2.55. The van der Waals surface area contributed by atoms with Crippen LogP contribution in [0, 0.1) is 5.82 Å². The molecule has 0 aromatic heterocycles. The van der Waals surface area contributed by atoms with Crippen LogP contribution in [0.4, 0.5) is 14.9 Å². The average molecular weight is 399 g/mol. The summed E-state index contributed by atoms with van der Waals surface area (Å²) >= 11 is 0. The molecule has 0 spiro atoms. The first-order valence-corrected chi connectivity index (χ1v) is 10.1. The van der Waals surface area contributed by atoms with Crippen LogP contribution >= 0.6 is 0 Å². The minimum absolute atomic E-state index is 0.240. The second kappa shape index (κ2) is 7.17. The summed E-state index contributed by atoms with van der Waals surface area (Å²) in [5.74, 6) is -0.116. The molecule has 2 unspecified atom stereocenters. The molecule has 1 aromatic carbocycles. The van der Waals surface area contributed by atoms with Gasteiger partial charge in [-0.1, -0.05) is 31.9 Å². The zero-order chi connectivity index (χ0) is 20.9. The molecule has 29 heavy (non-hydrogen) atoms. The Kier molecular flexibility index (Phi) is 4.80. The van der Waals surface area contributed by atoms with Gasteiger partial charge in [-0.25, -0.2) is 14.2 Å². The number of rotatable bonds is 5. The lowest BCUT2D eigenvalue weighted by atomic mass is 10.1.